The van der Waals surface area contributed by atoms with Gasteiger partial charge in [-0.25, -0.2) is 13.1 Å². The van der Waals surface area contributed by atoms with Crippen LogP contribution in [0.3, 0.4) is 0 Å². The first-order valence-corrected chi connectivity index (χ1v) is 14.0. The molecule has 0 bridgehead atoms. The van der Waals surface area contributed by atoms with Crippen LogP contribution in [0.25, 0.3) is 0 Å². The molecule has 2 aromatic rings. The van der Waals surface area contributed by atoms with Crippen LogP contribution in [0, 0.1) is 11.8 Å². The van der Waals surface area contributed by atoms with Crippen LogP contribution in [0.4, 0.5) is 0 Å². The van der Waals surface area contributed by atoms with E-state index in [4.69, 9.17) is 9.73 Å². The number of methoxy groups -OCH3 is 1. The number of ether oxygens (including phenoxy) is 1. The molecule has 0 aromatic heterocycles. The van der Waals surface area contributed by atoms with E-state index in [2.05, 4.69) is 28.2 Å². The standard InChI is InChI=1S/C27H35N3O3S/c1-33-22-12-13-24-21(15-22)11-14-26-25(24)16-27(30-26)28-17-19-7-9-20(10-8-19)18-29-34(31,32)23-5-3-2-4-6-23/h2-6,12-13,15,19-20,25-26,29H,7-11,14,16-18H2,1H3,(H,28,30)/t19?,20?,25-,26+/m0/s1. The molecule has 0 unspecified atom stereocenters. The molecule has 2 N–H and O–H groups in total. The van der Waals surface area contributed by atoms with Gasteiger partial charge in [0.25, 0.3) is 0 Å². The van der Waals surface area contributed by atoms with Crippen molar-refractivity contribution >= 4 is 15.9 Å². The number of fused-ring (bicyclic) bond motifs is 3. The van der Waals surface area contributed by atoms with E-state index in [-0.39, 0.29) is 0 Å². The molecule has 34 heavy (non-hydrogen) atoms. The van der Waals surface area contributed by atoms with Crippen LogP contribution in [0.2, 0.25) is 0 Å². The van der Waals surface area contributed by atoms with Gasteiger partial charge < -0.3 is 10.1 Å². The van der Waals surface area contributed by atoms with Crippen LogP contribution in [-0.4, -0.2) is 40.5 Å². The largest absolute Gasteiger partial charge is 0.497 e. The first kappa shape index (κ1) is 23.4. The molecule has 1 saturated carbocycles. The van der Waals surface area contributed by atoms with Gasteiger partial charge in [0.2, 0.25) is 10.0 Å². The van der Waals surface area contributed by atoms with E-state index in [0.717, 1.165) is 63.1 Å². The van der Waals surface area contributed by atoms with E-state index >= 15 is 0 Å². The Morgan fingerprint density at radius 2 is 1.79 bits per heavy atom. The van der Waals surface area contributed by atoms with E-state index in [1.165, 1.54) is 11.1 Å². The number of hydrogen-bond acceptors (Lipinski definition) is 4. The van der Waals surface area contributed by atoms with Crippen molar-refractivity contribution in [2.75, 3.05) is 20.2 Å². The van der Waals surface area contributed by atoms with Gasteiger partial charge in [-0.2, -0.15) is 0 Å². The molecule has 1 aliphatic heterocycles. The Morgan fingerprint density at radius 1 is 1.03 bits per heavy atom. The van der Waals surface area contributed by atoms with Crippen LogP contribution in [-0.2, 0) is 16.4 Å². The van der Waals surface area contributed by atoms with Gasteiger partial charge in [-0.15, -0.1) is 0 Å². The molecule has 5 rings (SSSR count). The first-order chi connectivity index (χ1) is 16.5. The number of nitrogens with zero attached hydrogens (tertiary/aromatic N) is 1. The molecule has 2 aromatic carbocycles. The van der Waals surface area contributed by atoms with Crippen LogP contribution in [0.15, 0.2) is 58.4 Å². The predicted molar refractivity (Wildman–Crippen MR) is 135 cm³/mol. The van der Waals surface area contributed by atoms with Gasteiger partial charge in [-0.05, 0) is 85.8 Å². The second-order valence-electron chi connectivity index (χ2n) is 10.0. The van der Waals surface area contributed by atoms with Gasteiger partial charge in [0.15, 0.2) is 0 Å². The van der Waals surface area contributed by atoms with E-state index < -0.39 is 10.0 Å². The number of sulfonamides is 1. The highest BCUT2D eigenvalue weighted by Gasteiger charge is 2.36. The van der Waals surface area contributed by atoms with Crippen molar-refractivity contribution in [2.24, 2.45) is 16.8 Å². The summed E-state index contributed by atoms with van der Waals surface area (Å²) < 4.78 is 33.1. The van der Waals surface area contributed by atoms with Crippen LogP contribution < -0.4 is 14.8 Å². The highest BCUT2D eigenvalue weighted by atomic mass is 32.2. The Bertz CT molecular complexity index is 1130. The molecular formula is C27H35N3O3S. The Balaban J connectivity index is 1.10. The van der Waals surface area contributed by atoms with Crippen LogP contribution in [0.5, 0.6) is 5.75 Å². The van der Waals surface area contributed by atoms with Crippen LogP contribution in [0.1, 0.15) is 55.6 Å². The number of nitrogens with one attached hydrogen (secondary N) is 2. The monoisotopic (exact) mass is 481 g/mol. The summed E-state index contributed by atoms with van der Waals surface area (Å²) in [5.41, 5.74) is 2.87. The predicted octanol–water partition coefficient (Wildman–Crippen LogP) is 4.27. The number of aliphatic imine (C=N–C) groups is 1. The molecule has 0 spiro atoms. The maximum Gasteiger partial charge on any atom is 0.240 e. The van der Waals surface area contributed by atoms with E-state index in [1.54, 1.807) is 31.4 Å². The number of hydrogen-bond donors (Lipinski definition) is 2. The van der Waals surface area contributed by atoms with Gasteiger partial charge in [-0.3, -0.25) is 4.99 Å². The molecule has 1 heterocycles. The third-order valence-electron chi connectivity index (χ3n) is 7.85. The molecule has 7 heteroatoms. The Labute approximate surface area is 203 Å². The van der Waals surface area contributed by atoms with Gasteiger partial charge in [-0.1, -0.05) is 24.3 Å². The van der Waals surface area contributed by atoms with Gasteiger partial charge in [0.1, 0.15) is 5.75 Å². The number of amidine groups is 1. The van der Waals surface area contributed by atoms with Crippen molar-refractivity contribution in [3.8, 4) is 5.75 Å². The van der Waals surface area contributed by atoms with E-state index in [0.29, 0.717) is 35.2 Å². The molecular weight excluding hydrogens is 446 g/mol. The van der Waals surface area contributed by atoms with Crippen molar-refractivity contribution in [3.05, 3.63) is 59.7 Å². The molecule has 182 valence electrons. The summed E-state index contributed by atoms with van der Waals surface area (Å²) in [6.45, 7) is 1.40. The average molecular weight is 482 g/mol. The summed E-state index contributed by atoms with van der Waals surface area (Å²) in [7, 11) is -1.69. The highest BCUT2D eigenvalue weighted by Crippen LogP contribution is 2.39. The fourth-order valence-electron chi connectivity index (χ4n) is 5.80. The average Bonchev–Trinajstić information content (AvgIpc) is 3.31. The Hall–Kier alpha value is -2.38. The minimum absolute atomic E-state index is 0.339. The zero-order valence-corrected chi connectivity index (χ0v) is 20.7. The second kappa shape index (κ2) is 10.1. The maximum absolute atomic E-state index is 12.5. The van der Waals surface area contributed by atoms with Gasteiger partial charge in [0, 0.05) is 31.5 Å². The highest BCUT2D eigenvalue weighted by molar-refractivity contribution is 7.89. The Kier molecular flexibility index (Phi) is 6.93. The summed E-state index contributed by atoms with van der Waals surface area (Å²) in [4.78, 5) is 5.34. The maximum atomic E-state index is 12.5. The lowest BCUT2D eigenvalue weighted by Crippen LogP contribution is -2.32. The first-order valence-electron chi connectivity index (χ1n) is 12.5. The number of benzene rings is 2. The molecule has 2 aliphatic carbocycles. The summed E-state index contributed by atoms with van der Waals surface area (Å²) >= 11 is 0. The lowest BCUT2D eigenvalue weighted by Gasteiger charge is -2.28. The van der Waals surface area contributed by atoms with E-state index in [9.17, 15) is 8.42 Å². The molecule has 6 nitrogen and oxygen atoms in total. The Morgan fingerprint density at radius 3 is 2.56 bits per heavy atom. The minimum atomic E-state index is -3.42. The summed E-state index contributed by atoms with van der Waals surface area (Å²) in [6.07, 6.45) is 7.58. The third-order valence-corrected chi connectivity index (χ3v) is 9.29. The van der Waals surface area contributed by atoms with Crippen molar-refractivity contribution in [1.29, 1.82) is 0 Å². The van der Waals surface area contributed by atoms with Crippen molar-refractivity contribution in [2.45, 2.75) is 61.8 Å². The molecule has 2 atom stereocenters. The zero-order chi connectivity index (χ0) is 23.5. The summed E-state index contributed by atoms with van der Waals surface area (Å²) in [5.74, 6) is 3.62. The lowest BCUT2D eigenvalue weighted by molar-refractivity contribution is 0.280. The molecule has 0 radical (unpaired) electrons. The van der Waals surface area contributed by atoms with Crippen molar-refractivity contribution in [3.63, 3.8) is 0 Å². The number of rotatable bonds is 7. The quantitative estimate of drug-likeness (QED) is 0.619. The lowest BCUT2D eigenvalue weighted by atomic mass is 9.80. The molecule has 1 saturated heterocycles. The summed E-state index contributed by atoms with van der Waals surface area (Å²) in [6, 6.07) is 15.6. The molecule has 2 fully saturated rings. The normalized spacial score (nSPS) is 27.6. The van der Waals surface area contributed by atoms with Crippen molar-refractivity contribution in [1.82, 2.24) is 10.0 Å². The van der Waals surface area contributed by atoms with Crippen molar-refractivity contribution < 1.29 is 13.2 Å². The fraction of sp³-hybridized carbons (Fsp3) is 0.519. The second-order valence-corrected chi connectivity index (χ2v) is 11.8. The summed E-state index contributed by atoms with van der Waals surface area (Å²) in [5, 5.41) is 3.71. The third kappa shape index (κ3) is 5.15. The smallest absolute Gasteiger partial charge is 0.240 e. The van der Waals surface area contributed by atoms with E-state index in [1.807, 2.05) is 6.07 Å². The zero-order valence-electron chi connectivity index (χ0n) is 19.9. The molecule has 3 aliphatic rings. The fourth-order valence-corrected chi connectivity index (χ4v) is 6.94. The van der Waals surface area contributed by atoms with Crippen LogP contribution >= 0.6 is 0 Å². The number of aryl methyl sites for hydroxylation is 1. The minimum Gasteiger partial charge on any atom is -0.497 e. The SMILES string of the molecule is COc1ccc2c(c1)CC[C@H]1NC(=NCC3CCC(CNS(=O)(=O)c4ccccc4)CC3)C[C@@H]21. The topological polar surface area (TPSA) is 79.8 Å². The van der Waals surface area contributed by atoms with Gasteiger partial charge >= 0.3 is 0 Å². The molecule has 0 amide bonds. The van der Waals surface area contributed by atoms with Gasteiger partial charge in [0.05, 0.1) is 17.8 Å².